The van der Waals surface area contributed by atoms with Gasteiger partial charge in [-0.15, -0.1) is 5.10 Å². The van der Waals surface area contributed by atoms with Crippen molar-refractivity contribution < 1.29 is 4.52 Å². The monoisotopic (exact) mass is 218 g/mol. The van der Waals surface area contributed by atoms with E-state index in [1.807, 2.05) is 18.2 Å². The number of nitrogen functional groups attached to an aromatic ring is 1. The van der Waals surface area contributed by atoms with Gasteiger partial charge in [0.2, 0.25) is 0 Å². The first kappa shape index (κ1) is 8.37. The molecule has 74 valence electrons. The SMILES string of the molecule is Nc1cc(-c2ccc3nnsc3c2)on1. The normalized spacial score (nSPS) is 10.9. The van der Waals surface area contributed by atoms with Crippen LogP contribution < -0.4 is 5.73 Å². The van der Waals surface area contributed by atoms with Crippen molar-refractivity contribution in [3.8, 4) is 11.3 Å². The van der Waals surface area contributed by atoms with Gasteiger partial charge >= 0.3 is 0 Å². The number of hydrogen-bond acceptors (Lipinski definition) is 6. The van der Waals surface area contributed by atoms with Gasteiger partial charge in [0.05, 0.1) is 4.70 Å². The molecule has 15 heavy (non-hydrogen) atoms. The Bertz CT molecular complexity index is 615. The first-order chi connectivity index (χ1) is 7.33. The van der Waals surface area contributed by atoms with Crippen molar-refractivity contribution in [2.75, 3.05) is 5.73 Å². The van der Waals surface area contributed by atoms with Crippen LogP contribution in [0.5, 0.6) is 0 Å². The molecule has 1 aromatic carbocycles. The second-order valence-corrected chi connectivity index (χ2v) is 3.86. The molecule has 0 aliphatic carbocycles. The number of aromatic nitrogens is 3. The third-order valence-electron chi connectivity index (χ3n) is 2.06. The zero-order chi connectivity index (χ0) is 10.3. The Morgan fingerprint density at radius 2 is 2.20 bits per heavy atom. The standard InChI is InChI=1S/C9H6N4OS/c10-9-4-7(14-12-9)5-1-2-6-8(3-5)15-13-11-6/h1-4H,(H2,10,12). The molecule has 0 saturated heterocycles. The summed E-state index contributed by atoms with van der Waals surface area (Å²) in [5.74, 6) is 1.04. The fourth-order valence-corrected chi connectivity index (χ4v) is 1.96. The first-order valence-electron chi connectivity index (χ1n) is 4.27. The van der Waals surface area contributed by atoms with Gasteiger partial charge in [-0.25, -0.2) is 0 Å². The van der Waals surface area contributed by atoms with Crippen molar-refractivity contribution in [2.24, 2.45) is 0 Å². The van der Waals surface area contributed by atoms with E-state index in [0.29, 0.717) is 11.6 Å². The van der Waals surface area contributed by atoms with Crippen molar-refractivity contribution in [1.82, 2.24) is 14.7 Å². The van der Waals surface area contributed by atoms with Crippen LogP contribution in [0.15, 0.2) is 28.8 Å². The smallest absolute Gasteiger partial charge is 0.169 e. The molecule has 0 amide bonds. The lowest BCUT2D eigenvalue weighted by Crippen LogP contribution is -1.80. The fraction of sp³-hybridized carbons (Fsp3) is 0. The molecule has 0 spiro atoms. The van der Waals surface area contributed by atoms with E-state index in [4.69, 9.17) is 10.3 Å². The second kappa shape index (κ2) is 3.03. The van der Waals surface area contributed by atoms with Gasteiger partial charge in [-0.05, 0) is 29.7 Å². The third kappa shape index (κ3) is 1.35. The van der Waals surface area contributed by atoms with Gasteiger partial charge in [-0.3, -0.25) is 0 Å². The van der Waals surface area contributed by atoms with Crippen LogP contribution in [0.4, 0.5) is 5.82 Å². The van der Waals surface area contributed by atoms with Gasteiger partial charge < -0.3 is 10.3 Å². The van der Waals surface area contributed by atoms with Crippen LogP contribution in [-0.2, 0) is 0 Å². The topological polar surface area (TPSA) is 77.8 Å². The summed E-state index contributed by atoms with van der Waals surface area (Å²) in [6, 6.07) is 7.45. The van der Waals surface area contributed by atoms with Gasteiger partial charge in [-0.2, -0.15) is 0 Å². The van der Waals surface area contributed by atoms with E-state index in [2.05, 4.69) is 14.7 Å². The molecule has 0 aliphatic rings. The van der Waals surface area contributed by atoms with Gasteiger partial charge in [0.1, 0.15) is 5.52 Å². The van der Waals surface area contributed by atoms with Gasteiger partial charge in [-0.1, -0.05) is 9.64 Å². The summed E-state index contributed by atoms with van der Waals surface area (Å²) < 4.78 is 9.94. The van der Waals surface area contributed by atoms with Crippen molar-refractivity contribution in [1.29, 1.82) is 0 Å². The van der Waals surface area contributed by atoms with Crippen LogP contribution in [0.1, 0.15) is 0 Å². The molecule has 3 rings (SSSR count). The average molecular weight is 218 g/mol. The molecule has 0 atom stereocenters. The second-order valence-electron chi connectivity index (χ2n) is 3.07. The summed E-state index contributed by atoms with van der Waals surface area (Å²) in [4.78, 5) is 0. The number of nitrogens with zero attached hydrogens (tertiary/aromatic N) is 3. The number of rotatable bonds is 1. The Morgan fingerprint density at radius 3 is 3.00 bits per heavy atom. The maximum Gasteiger partial charge on any atom is 0.169 e. The van der Waals surface area contributed by atoms with E-state index in [-0.39, 0.29) is 0 Å². The number of hydrogen-bond donors (Lipinski definition) is 1. The third-order valence-corrected chi connectivity index (χ3v) is 2.75. The van der Waals surface area contributed by atoms with Crippen molar-refractivity contribution in [3.05, 3.63) is 24.3 Å². The number of anilines is 1. The predicted octanol–water partition coefficient (Wildman–Crippen LogP) is 1.93. The van der Waals surface area contributed by atoms with E-state index >= 15 is 0 Å². The summed E-state index contributed by atoms with van der Waals surface area (Å²) in [5.41, 5.74) is 7.30. The molecule has 0 saturated carbocycles. The molecule has 0 fully saturated rings. The van der Waals surface area contributed by atoms with Crippen LogP contribution in [-0.4, -0.2) is 14.7 Å². The highest BCUT2D eigenvalue weighted by molar-refractivity contribution is 7.12. The lowest BCUT2D eigenvalue weighted by Gasteiger charge is -1.93. The summed E-state index contributed by atoms with van der Waals surface area (Å²) in [6.45, 7) is 0. The zero-order valence-corrected chi connectivity index (χ0v) is 8.36. The van der Waals surface area contributed by atoms with Crippen LogP contribution in [0.3, 0.4) is 0 Å². The molecule has 0 unspecified atom stereocenters. The molecule has 2 heterocycles. The highest BCUT2D eigenvalue weighted by Crippen LogP contribution is 2.26. The van der Waals surface area contributed by atoms with Crippen LogP contribution in [0.25, 0.3) is 21.5 Å². The quantitative estimate of drug-likeness (QED) is 0.675. The van der Waals surface area contributed by atoms with Crippen LogP contribution in [0, 0.1) is 0 Å². The Hall–Kier alpha value is -1.95. The van der Waals surface area contributed by atoms with Gasteiger partial charge in [0.15, 0.2) is 11.6 Å². The van der Waals surface area contributed by atoms with E-state index in [9.17, 15) is 0 Å². The zero-order valence-electron chi connectivity index (χ0n) is 7.54. The molecule has 2 aromatic heterocycles. The lowest BCUT2D eigenvalue weighted by atomic mass is 10.1. The highest BCUT2D eigenvalue weighted by atomic mass is 32.1. The predicted molar refractivity (Wildman–Crippen MR) is 57.3 cm³/mol. The summed E-state index contributed by atoms with van der Waals surface area (Å²) in [6.07, 6.45) is 0. The Labute approximate surface area is 88.7 Å². The molecular weight excluding hydrogens is 212 g/mol. The Kier molecular flexibility index (Phi) is 1.69. The molecule has 0 bridgehead atoms. The molecule has 0 radical (unpaired) electrons. The van der Waals surface area contributed by atoms with E-state index in [1.54, 1.807) is 6.07 Å². The average Bonchev–Trinajstić information content (AvgIpc) is 2.84. The first-order valence-corrected chi connectivity index (χ1v) is 5.05. The van der Waals surface area contributed by atoms with E-state index in [1.165, 1.54) is 11.5 Å². The number of fused-ring (bicyclic) bond motifs is 1. The summed E-state index contributed by atoms with van der Waals surface area (Å²) in [7, 11) is 0. The van der Waals surface area contributed by atoms with E-state index in [0.717, 1.165) is 15.8 Å². The number of nitrogens with two attached hydrogens (primary N) is 1. The van der Waals surface area contributed by atoms with Crippen molar-refractivity contribution >= 4 is 27.6 Å². The molecule has 0 aliphatic heterocycles. The fourth-order valence-electron chi connectivity index (χ4n) is 1.36. The Balaban J connectivity index is 2.18. The maximum atomic E-state index is 5.48. The van der Waals surface area contributed by atoms with Crippen LogP contribution >= 0.6 is 11.5 Å². The van der Waals surface area contributed by atoms with Gasteiger partial charge in [0, 0.05) is 11.6 Å². The van der Waals surface area contributed by atoms with Crippen molar-refractivity contribution in [3.63, 3.8) is 0 Å². The molecular formula is C9H6N4OS. The molecule has 6 heteroatoms. The summed E-state index contributed by atoms with van der Waals surface area (Å²) >= 11 is 1.35. The molecule has 2 N–H and O–H groups in total. The minimum absolute atomic E-state index is 0.382. The largest absolute Gasteiger partial charge is 0.381 e. The maximum absolute atomic E-state index is 5.48. The van der Waals surface area contributed by atoms with E-state index < -0.39 is 0 Å². The molecule has 3 aromatic rings. The summed E-state index contributed by atoms with van der Waals surface area (Å²) in [5, 5.41) is 7.59. The Morgan fingerprint density at radius 1 is 1.27 bits per heavy atom. The minimum Gasteiger partial charge on any atom is -0.381 e. The molecule has 5 nitrogen and oxygen atoms in total. The van der Waals surface area contributed by atoms with Crippen LogP contribution in [0.2, 0.25) is 0 Å². The van der Waals surface area contributed by atoms with Gasteiger partial charge in [0.25, 0.3) is 0 Å². The minimum atomic E-state index is 0.382. The highest BCUT2D eigenvalue weighted by Gasteiger charge is 2.06. The number of benzene rings is 1. The van der Waals surface area contributed by atoms with Crippen molar-refractivity contribution in [2.45, 2.75) is 0 Å². The lowest BCUT2D eigenvalue weighted by molar-refractivity contribution is 0.436.